The maximum Gasteiger partial charge on any atom is 0.412 e. The molecule has 0 aromatic heterocycles. The van der Waals surface area contributed by atoms with Crippen LogP contribution in [0.3, 0.4) is 0 Å². The Morgan fingerprint density at radius 2 is 1.68 bits per heavy atom. The summed E-state index contributed by atoms with van der Waals surface area (Å²) in [5, 5.41) is 2.59. The van der Waals surface area contributed by atoms with Crippen LogP contribution in [0.1, 0.15) is 15.9 Å². The second kappa shape index (κ2) is 7.83. The molecule has 5 nitrogen and oxygen atoms in total. The van der Waals surface area contributed by atoms with E-state index in [2.05, 4.69) is 5.32 Å². The van der Waals surface area contributed by atoms with Crippen molar-refractivity contribution in [1.29, 1.82) is 0 Å². The van der Waals surface area contributed by atoms with Gasteiger partial charge in [-0.15, -0.1) is 0 Å². The van der Waals surface area contributed by atoms with Gasteiger partial charge in [0.05, 0.1) is 6.54 Å². The lowest BCUT2D eigenvalue weighted by atomic mass is 10.2. The van der Waals surface area contributed by atoms with Gasteiger partial charge in [-0.25, -0.2) is 4.79 Å². The van der Waals surface area contributed by atoms with Crippen molar-refractivity contribution >= 4 is 12.4 Å². The van der Waals surface area contributed by atoms with Crippen LogP contribution in [0, 0.1) is 6.92 Å². The molecule has 0 unspecified atom stereocenters. The highest BCUT2D eigenvalue weighted by Gasteiger charge is 2.03. The van der Waals surface area contributed by atoms with Gasteiger partial charge < -0.3 is 14.8 Å². The number of nitrogens with one attached hydrogen (secondary N) is 1. The first-order valence-corrected chi connectivity index (χ1v) is 6.88. The van der Waals surface area contributed by atoms with Gasteiger partial charge >= 0.3 is 6.09 Å². The molecule has 0 aliphatic rings. The molecule has 22 heavy (non-hydrogen) atoms. The molecule has 0 heterocycles. The molecule has 0 fully saturated rings. The molecule has 0 saturated heterocycles. The van der Waals surface area contributed by atoms with Crippen LogP contribution in [0.25, 0.3) is 0 Å². The average Bonchev–Trinajstić information content (AvgIpc) is 2.54. The number of rotatable bonds is 6. The predicted molar refractivity (Wildman–Crippen MR) is 82.5 cm³/mol. The molecule has 0 radical (unpaired) electrons. The van der Waals surface area contributed by atoms with Crippen LogP contribution in [0.2, 0.25) is 0 Å². The Balaban J connectivity index is 1.68. The van der Waals surface area contributed by atoms with E-state index in [4.69, 9.17) is 9.47 Å². The number of hydrogen-bond donors (Lipinski definition) is 1. The normalized spacial score (nSPS) is 9.86. The van der Waals surface area contributed by atoms with E-state index in [9.17, 15) is 9.59 Å². The Morgan fingerprint density at radius 3 is 2.32 bits per heavy atom. The monoisotopic (exact) mass is 299 g/mol. The Bertz CT molecular complexity index is 620. The average molecular weight is 299 g/mol. The molecule has 2 aromatic carbocycles. The first-order valence-electron chi connectivity index (χ1n) is 6.88. The molecule has 0 saturated carbocycles. The molecular weight excluding hydrogens is 282 g/mol. The van der Waals surface area contributed by atoms with E-state index in [0.717, 1.165) is 17.6 Å². The number of aldehydes is 1. The zero-order chi connectivity index (χ0) is 15.8. The van der Waals surface area contributed by atoms with Crippen LogP contribution in [0.5, 0.6) is 11.5 Å². The van der Waals surface area contributed by atoms with Crippen molar-refractivity contribution in [2.45, 2.75) is 6.92 Å². The molecule has 114 valence electrons. The van der Waals surface area contributed by atoms with Gasteiger partial charge in [0.2, 0.25) is 0 Å². The summed E-state index contributed by atoms with van der Waals surface area (Å²) in [6.45, 7) is 2.68. The van der Waals surface area contributed by atoms with Gasteiger partial charge in [-0.05, 0) is 43.3 Å². The summed E-state index contributed by atoms with van der Waals surface area (Å²) in [7, 11) is 0. The molecule has 1 amide bonds. The zero-order valence-corrected chi connectivity index (χ0v) is 12.2. The van der Waals surface area contributed by atoms with E-state index < -0.39 is 6.09 Å². The first kappa shape index (κ1) is 15.6. The second-order valence-corrected chi connectivity index (χ2v) is 4.66. The Hall–Kier alpha value is -2.82. The van der Waals surface area contributed by atoms with Crippen molar-refractivity contribution in [3.8, 4) is 11.5 Å². The summed E-state index contributed by atoms with van der Waals surface area (Å²) in [5.74, 6) is 1.13. The minimum atomic E-state index is -0.564. The third-order valence-corrected chi connectivity index (χ3v) is 2.89. The van der Waals surface area contributed by atoms with Gasteiger partial charge in [-0.2, -0.15) is 0 Å². The van der Waals surface area contributed by atoms with Gasteiger partial charge in [-0.3, -0.25) is 4.79 Å². The largest absolute Gasteiger partial charge is 0.492 e. The van der Waals surface area contributed by atoms with E-state index in [1.165, 1.54) is 0 Å². The van der Waals surface area contributed by atoms with Crippen LogP contribution >= 0.6 is 0 Å². The van der Waals surface area contributed by atoms with Crippen molar-refractivity contribution < 1.29 is 19.1 Å². The fourth-order valence-corrected chi connectivity index (χ4v) is 1.71. The maximum absolute atomic E-state index is 11.6. The van der Waals surface area contributed by atoms with E-state index in [1.54, 1.807) is 24.3 Å². The van der Waals surface area contributed by atoms with Crippen LogP contribution in [0.15, 0.2) is 48.5 Å². The van der Waals surface area contributed by atoms with Crippen LogP contribution in [-0.4, -0.2) is 25.5 Å². The molecule has 0 atom stereocenters. The molecule has 0 aliphatic carbocycles. The molecule has 0 spiro atoms. The minimum absolute atomic E-state index is 0.332. The maximum atomic E-state index is 11.6. The van der Waals surface area contributed by atoms with Crippen molar-refractivity contribution in [3.63, 3.8) is 0 Å². The molecule has 0 aliphatic heterocycles. The lowest BCUT2D eigenvalue weighted by Gasteiger charge is -2.08. The summed E-state index contributed by atoms with van der Waals surface area (Å²) >= 11 is 0. The predicted octanol–water partition coefficient (Wildman–Crippen LogP) is 2.97. The van der Waals surface area contributed by atoms with Gasteiger partial charge in [0.15, 0.2) is 0 Å². The minimum Gasteiger partial charge on any atom is -0.492 e. The zero-order valence-electron chi connectivity index (χ0n) is 12.2. The fraction of sp³-hybridized carbons (Fsp3) is 0.176. The number of carbonyl (C=O) groups is 2. The topological polar surface area (TPSA) is 64.6 Å². The first-order chi connectivity index (χ1) is 10.7. The number of benzene rings is 2. The number of amides is 1. The molecule has 0 bridgehead atoms. The smallest absolute Gasteiger partial charge is 0.412 e. The molecule has 2 rings (SSSR count). The summed E-state index contributed by atoms with van der Waals surface area (Å²) in [4.78, 5) is 22.1. The Morgan fingerprint density at radius 1 is 1.05 bits per heavy atom. The summed E-state index contributed by atoms with van der Waals surface area (Å²) in [5.41, 5.74) is 1.69. The second-order valence-electron chi connectivity index (χ2n) is 4.66. The Kier molecular flexibility index (Phi) is 5.54. The van der Waals surface area contributed by atoms with Gasteiger partial charge in [0.25, 0.3) is 0 Å². The standard InChI is InChI=1S/C17H17NO4/c1-13-2-6-15(7-3-13)21-11-10-18-17(20)22-16-8-4-14(12-19)5-9-16/h2-9,12H,10-11H2,1H3,(H,18,20). The van der Waals surface area contributed by atoms with Crippen molar-refractivity contribution in [1.82, 2.24) is 5.32 Å². The van der Waals surface area contributed by atoms with E-state index in [-0.39, 0.29) is 0 Å². The third kappa shape index (κ3) is 4.94. The van der Waals surface area contributed by atoms with E-state index in [1.807, 2.05) is 31.2 Å². The fourth-order valence-electron chi connectivity index (χ4n) is 1.71. The van der Waals surface area contributed by atoms with Crippen LogP contribution in [0.4, 0.5) is 4.79 Å². The number of hydrogen-bond acceptors (Lipinski definition) is 4. The number of aryl methyl sites for hydroxylation is 1. The third-order valence-electron chi connectivity index (χ3n) is 2.89. The van der Waals surface area contributed by atoms with Crippen molar-refractivity contribution in [2.75, 3.05) is 13.2 Å². The van der Waals surface area contributed by atoms with Gasteiger partial charge in [0.1, 0.15) is 24.4 Å². The lowest BCUT2D eigenvalue weighted by molar-refractivity contribution is 0.112. The highest BCUT2D eigenvalue weighted by molar-refractivity contribution is 5.75. The molecule has 2 aromatic rings. The molecular formula is C17H17NO4. The van der Waals surface area contributed by atoms with Gasteiger partial charge in [0, 0.05) is 5.56 Å². The lowest BCUT2D eigenvalue weighted by Crippen LogP contribution is -2.30. The van der Waals surface area contributed by atoms with Crippen LogP contribution in [-0.2, 0) is 0 Å². The highest BCUT2D eigenvalue weighted by Crippen LogP contribution is 2.12. The highest BCUT2D eigenvalue weighted by atomic mass is 16.6. The summed E-state index contributed by atoms with van der Waals surface area (Å²) in [6, 6.07) is 14.0. The Labute approximate surface area is 128 Å². The van der Waals surface area contributed by atoms with E-state index >= 15 is 0 Å². The number of carbonyl (C=O) groups excluding carboxylic acids is 2. The molecule has 5 heteroatoms. The van der Waals surface area contributed by atoms with Gasteiger partial charge in [-0.1, -0.05) is 17.7 Å². The number of ether oxygens (including phenoxy) is 2. The van der Waals surface area contributed by atoms with Crippen molar-refractivity contribution in [2.24, 2.45) is 0 Å². The van der Waals surface area contributed by atoms with E-state index in [0.29, 0.717) is 24.5 Å². The quantitative estimate of drug-likeness (QED) is 0.658. The summed E-state index contributed by atoms with van der Waals surface area (Å²) < 4.78 is 10.5. The molecule has 1 N–H and O–H groups in total. The SMILES string of the molecule is Cc1ccc(OCCNC(=O)Oc2ccc(C=O)cc2)cc1. The summed E-state index contributed by atoms with van der Waals surface area (Å²) in [6.07, 6.45) is 0.165. The van der Waals surface area contributed by atoms with Crippen LogP contribution < -0.4 is 14.8 Å². The van der Waals surface area contributed by atoms with Crippen molar-refractivity contribution in [3.05, 3.63) is 59.7 Å².